The summed E-state index contributed by atoms with van der Waals surface area (Å²) in [5.74, 6) is 0.562. The van der Waals surface area contributed by atoms with Crippen molar-refractivity contribution in [3.63, 3.8) is 0 Å². The van der Waals surface area contributed by atoms with E-state index in [1.165, 1.54) is 6.20 Å². The number of aromatic amines is 1. The second-order valence-corrected chi connectivity index (χ2v) is 6.49. The molecule has 0 aliphatic heterocycles. The summed E-state index contributed by atoms with van der Waals surface area (Å²) in [6.07, 6.45) is 6.99. The number of aromatic nitrogens is 4. The van der Waals surface area contributed by atoms with Crippen molar-refractivity contribution in [1.82, 2.24) is 25.1 Å². The van der Waals surface area contributed by atoms with Crippen molar-refractivity contribution in [2.75, 3.05) is 0 Å². The van der Waals surface area contributed by atoms with Gasteiger partial charge in [0.15, 0.2) is 0 Å². The van der Waals surface area contributed by atoms with Crippen molar-refractivity contribution in [1.29, 1.82) is 0 Å². The quantitative estimate of drug-likeness (QED) is 0.739. The fourth-order valence-corrected chi connectivity index (χ4v) is 2.96. The third-order valence-electron chi connectivity index (χ3n) is 4.53. The number of carbonyl (C=O) groups excluding carboxylic acids is 1. The maximum absolute atomic E-state index is 12.6. The Morgan fingerprint density at radius 2 is 2.12 bits per heavy atom. The zero-order valence-electron chi connectivity index (χ0n) is 14.3. The molecule has 1 aromatic carbocycles. The summed E-state index contributed by atoms with van der Waals surface area (Å²) in [5, 5.41) is 7.13. The van der Waals surface area contributed by atoms with E-state index >= 15 is 0 Å². The minimum Gasteiger partial charge on any atom is -0.345 e. The SMILES string of the molecule is CC(NC(=O)c1cnc(C2CC2)[nH]c1=O)c1ccccc1-n1cccn1. The number of benzene rings is 1. The molecule has 1 atom stereocenters. The molecule has 132 valence electrons. The van der Waals surface area contributed by atoms with Crippen LogP contribution in [0, 0.1) is 0 Å². The van der Waals surface area contributed by atoms with Gasteiger partial charge < -0.3 is 10.3 Å². The van der Waals surface area contributed by atoms with Crippen LogP contribution in [0.1, 0.15) is 53.5 Å². The molecule has 4 rings (SSSR count). The van der Waals surface area contributed by atoms with Crippen LogP contribution in [0.15, 0.2) is 53.7 Å². The summed E-state index contributed by atoms with van der Waals surface area (Å²) >= 11 is 0. The van der Waals surface area contributed by atoms with Crippen LogP contribution < -0.4 is 10.9 Å². The van der Waals surface area contributed by atoms with E-state index in [1.807, 2.05) is 43.5 Å². The molecule has 7 heteroatoms. The lowest BCUT2D eigenvalue weighted by Crippen LogP contribution is -2.32. The first-order valence-electron chi connectivity index (χ1n) is 8.62. The van der Waals surface area contributed by atoms with E-state index in [2.05, 4.69) is 20.4 Å². The molecule has 0 spiro atoms. The van der Waals surface area contributed by atoms with E-state index in [1.54, 1.807) is 10.9 Å². The van der Waals surface area contributed by atoms with Crippen molar-refractivity contribution in [2.24, 2.45) is 0 Å². The lowest BCUT2D eigenvalue weighted by atomic mass is 10.1. The molecule has 1 amide bonds. The second-order valence-electron chi connectivity index (χ2n) is 6.49. The average molecular weight is 349 g/mol. The first-order chi connectivity index (χ1) is 12.6. The fourth-order valence-electron chi connectivity index (χ4n) is 2.96. The van der Waals surface area contributed by atoms with Gasteiger partial charge in [0.25, 0.3) is 11.5 Å². The van der Waals surface area contributed by atoms with Crippen molar-refractivity contribution in [2.45, 2.75) is 31.7 Å². The van der Waals surface area contributed by atoms with Crippen LogP contribution in [0.25, 0.3) is 5.69 Å². The molecule has 1 fully saturated rings. The third kappa shape index (κ3) is 3.15. The molecular formula is C19H19N5O2. The molecule has 0 radical (unpaired) electrons. The molecule has 0 saturated heterocycles. The Morgan fingerprint density at radius 3 is 2.81 bits per heavy atom. The monoisotopic (exact) mass is 349 g/mol. The van der Waals surface area contributed by atoms with Crippen LogP contribution in [0.4, 0.5) is 0 Å². The van der Waals surface area contributed by atoms with E-state index in [4.69, 9.17) is 0 Å². The summed E-state index contributed by atoms with van der Waals surface area (Å²) in [5.41, 5.74) is 1.41. The van der Waals surface area contributed by atoms with Gasteiger partial charge in [-0.05, 0) is 37.5 Å². The van der Waals surface area contributed by atoms with Crippen LogP contribution in [0.2, 0.25) is 0 Å². The first-order valence-corrected chi connectivity index (χ1v) is 8.62. The fraction of sp³-hybridized carbons (Fsp3) is 0.263. The lowest BCUT2D eigenvalue weighted by molar-refractivity contribution is 0.0938. The van der Waals surface area contributed by atoms with Gasteiger partial charge in [0, 0.05) is 24.5 Å². The lowest BCUT2D eigenvalue weighted by Gasteiger charge is -2.18. The van der Waals surface area contributed by atoms with Crippen molar-refractivity contribution in [3.05, 3.63) is 76.2 Å². The van der Waals surface area contributed by atoms with E-state index < -0.39 is 11.5 Å². The highest BCUT2D eigenvalue weighted by Crippen LogP contribution is 2.37. The van der Waals surface area contributed by atoms with Gasteiger partial charge in [0.05, 0.1) is 11.7 Å². The van der Waals surface area contributed by atoms with E-state index in [9.17, 15) is 9.59 Å². The van der Waals surface area contributed by atoms with E-state index in [0.29, 0.717) is 11.7 Å². The summed E-state index contributed by atoms with van der Waals surface area (Å²) in [4.78, 5) is 31.7. The molecule has 2 heterocycles. The number of carbonyl (C=O) groups is 1. The van der Waals surface area contributed by atoms with Crippen LogP contribution >= 0.6 is 0 Å². The van der Waals surface area contributed by atoms with Crippen LogP contribution in [0.3, 0.4) is 0 Å². The molecule has 7 nitrogen and oxygen atoms in total. The second kappa shape index (κ2) is 6.59. The van der Waals surface area contributed by atoms with Crippen molar-refractivity contribution >= 4 is 5.91 Å². The predicted molar refractivity (Wildman–Crippen MR) is 96.3 cm³/mol. The number of H-pyrrole nitrogens is 1. The molecule has 2 N–H and O–H groups in total. The van der Waals surface area contributed by atoms with E-state index in [0.717, 1.165) is 24.1 Å². The summed E-state index contributed by atoms with van der Waals surface area (Å²) < 4.78 is 1.75. The Bertz CT molecular complexity index is 989. The molecule has 1 unspecified atom stereocenters. The zero-order chi connectivity index (χ0) is 18.1. The smallest absolute Gasteiger partial charge is 0.263 e. The molecule has 3 aromatic rings. The highest BCUT2D eigenvalue weighted by molar-refractivity contribution is 5.93. The molecule has 1 aliphatic rings. The molecule has 1 aliphatic carbocycles. The molecule has 2 aromatic heterocycles. The summed E-state index contributed by atoms with van der Waals surface area (Å²) in [6, 6.07) is 9.23. The summed E-state index contributed by atoms with van der Waals surface area (Å²) in [7, 11) is 0. The Kier molecular flexibility index (Phi) is 4.12. The Balaban J connectivity index is 1.56. The summed E-state index contributed by atoms with van der Waals surface area (Å²) in [6.45, 7) is 1.88. The predicted octanol–water partition coefficient (Wildman–Crippen LogP) is 2.32. The van der Waals surface area contributed by atoms with E-state index in [-0.39, 0.29) is 11.6 Å². The Morgan fingerprint density at radius 1 is 1.31 bits per heavy atom. The minimum atomic E-state index is -0.441. The number of nitrogens with one attached hydrogen (secondary N) is 2. The van der Waals surface area contributed by atoms with Crippen LogP contribution in [-0.4, -0.2) is 25.7 Å². The standard InChI is InChI=1S/C19H19N5O2/c1-12(14-5-2-3-6-16(14)24-10-4-9-21-24)22-18(25)15-11-20-17(13-7-8-13)23-19(15)26/h2-6,9-13H,7-8H2,1H3,(H,22,25)(H,20,23,26). The zero-order valence-corrected chi connectivity index (χ0v) is 14.3. The molecule has 0 bridgehead atoms. The Labute approximate surface area is 150 Å². The third-order valence-corrected chi connectivity index (χ3v) is 4.53. The van der Waals surface area contributed by atoms with Crippen LogP contribution in [0.5, 0.6) is 0 Å². The number of hydrogen-bond donors (Lipinski definition) is 2. The number of hydrogen-bond acceptors (Lipinski definition) is 4. The topological polar surface area (TPSA) is 92.7 Å². The number of nitrogens with zero attached hydrogens (tertiary/aromatic N) is 3. The average Bonchev–Trinajstić information content (AvgIpc) is 3.36. The minimum absolute atomic E-state index is 0.0258. The largest absolute Gasteiger partial charge is 0.345 e. The normalized spacial score (nSPS) is 14.8. The van der Waals surface area contributed by atoms with Gasteiger partial charge in [-0.3, -0.25) is 9.59 Å². The maximum Gasteiger partial charge on any atom is 0.263 e. The molecule has 26 heavy (non-hydrogen) atoms. The van der Waals surface area contributed by atoms with Gasteiger partial charge in [0.1, 0.15) is 11.4 Å². The number of para-hydroxylation sites is 1. The first kappa shape index (κ1) is 16.3. The van der Waals surface area contributed by atoms with Crippen LogP contribution in [-0.2, 0) is 0 Å². The highest BCUT2D eigenvalue weighted by Gasteiger charge is 2.27. The van der Waals surface area contributed by atoms with Gasteiger partial charge in [-0.1, -0.05) is 18.2 Å². The maximum atomic E-state index is 12.6. The van der Waals surface area contributed by atoms with Gasteiger partial charge in [-0.25, -0.2) is 9.67 Å². The molecular weight excluding hydrogens is 330 g/mol. The molecule has 1 saturated carbocycles. The number of amides is 1. The Hall–Kier alpha value is -3.22. The van der Waals surface area contributed by atoms with Gasteiger partial charge in [0.2, 0.25) is 0 Å². The van der Waals surface area contributed by atoms with Crippen molar-refractivity contribution in [3.8, 4) is 5.69 Å². The van der Waals surface area contributed by atoms with Gasteiger partial charge in [-0.15, -0.1) is 0 Å². The van der Waals surface area contributed by atoms with Gasteiger partial charge >= 0.3 is 0 Å². The highest BCUT2D eigenvalue weighted by atomic mass is 16.2. The van der Waals surface area contributed by atoms with Gasteiger partial charge in [-0.2, -0.15) is 5.10 Å². The number of rotatable bonds is 5. The van der Waals surface area contributed by atoms with Crippen molar-refractivity contribution < 1.29 is 4.79 Å².